The van der Waals surface area contributed by atoms with Crippen LogP contribution in [0.4, 0.5) is 0 Å². The molecule has 0 unspecified atom stereocenters. The van der Waals surface area contributed by atoms with Gasteiger partial charge in [-0.1, -0.05) is 19.1 Å². The fourth-order valence-electron chi connectivity index (χ4n) is 4.61. The van der Waals surface area contributed by atoms with Gasteiger partial charge in [-0.15, -0.1) is 0 Å². The first-order valence-electron chi connectivity index (χ1n) is 10.6. The number of sulfone groups is 1. The maximum absolute atomic E-state index is 13.3. The Morgan fingerprint density at radius 1 is 1.13 bits per heavy atom. The van der Waals surface area contributed by atoms with Gasteiger partial charge in [0.25, 0.3) is 0 Å². The molecule has 2 aromatic carbocycles. The minimum atomic E-state index is -3.07. The number of hydrogen-bond acceptors (Lipinski definition) is 4. The number of carbonyl (C=O) groups excluding carboxylic acids is 1. The summed E-state index contributed by atoms with van der Waals surface area (Å²) in [4.78, 5) is 26.4. The Kier molecular flexibility index (Phi) is 5.20. The third-order valence-corrected chi connectivity index (χ3v) is 8.11. The van der Waals surface area contributed by atoms with E-state index in [9.17, 15) is 18.0 Å². The molecule has 0 radical (unpaired) electrons. The van der Waals surface area contributed by atoms with Crippen LogP contribution in [0.25, 0.3) is 16.7 Å². The molecule has 4 rings (SSSR count). The zero-order chi connectivity index (χ0) is 22.6. The van der Waals surface area contributed by atoms with Crippen LogP contribution in [0, 0.1) is 12.3 Å². The molecule has 2 heterocycles. The van der Waals surface area contributed by atoms with Crippen molar-refractivity contribution in [2.24, 2.45) is 5.41 Å². The number of aromatic nitrogens is 2. The van der Waals surface area contributed by atoms with Crippen molar-refractivity contribution < 1.29 is 13.2 Å². The van der Waals surface area contributed by atoms with E-state index in [1.165, 1.54) is 0 Å². The number of ketones is 1. The molecular formula is C24H28N2O4S. The van der Waals surface area contributed by atoms with Gasteiger partial charge in [-0.2, -0.15) is 0 Å². The summed E-state index contributed by atoms with van der Waals surface area (Å²) in [7, 11) is -3.07. The second kappa shape index (κ2) is 7.48. The van der Waals surface area contributed by atoms with E-state index < -0.39 is 15.3 Å². The van der Waals surface area contributed by atoms with Gasteiger partial charge < -0.3 is 0 Å². The van der Waals surface area contributed by atoms with Crippen molar-refractivity contribution in [2.45, 2.75) is 46.6 Å². The van der Waals surface area contributed by atoms with Gasteiger partial charge >= 0.3 is 5.69 Å². The van der Waals surface area contributed by atoms with Crippen molar-refractivity contribution in [1.29, 1.82) is 0 Å². The number of benzene rings is 2. The predicted molar refractivity (Wildman–Crippen MR) is 123 cm³/mol. The first-order chi connectivity index (χ1) is 14.5. The third kappa shape index (κ3) is 3.99. The van der Waals surface area contributed by atoms with Gasteiger partial charge in [-0.3, -0.25) is 13.9 Å². The van der Waals surface area contributed by atoms with E-state index in [4.69, 9.17) is 0 Å². The fourth-order valence-corrected chi connectivity index (χ4v) is 6.87. The molecule has 1 aromatic heterocycles. The second-order valence-corrected chi connectivity index (χ2v) is 11.6. The van der Waals surface area contributed by atoms with Crippen molar-refractivity contribution >= 4 is 26.7 Å². The third-order valence-electron chi connectivity index (χ3n) is 6.14. The van der Waals surface area contributed by atoms with Crippen LogP contribution in [0.3, 0.4) is 0 Å². The molecular weight excluding hydrogens is 412 g/mol. The lowest BCUT2D eigenvalue weighted by Gasteiger charge is -2.20. The summed E-state index contributed by atoms with van der Waals surface area (Å²) >= 11 is 0. The normalized spacial score (nSPS) is 20.5. The van der Waals surface area contributed by atoms with E-state index >= 15 is 0 Å². The predicted octanol–water partition coefficient (Wildman–Crippen LogP) is 4.08. The van der Waals surface area contributed by atoms with E-state index in [2.05, 4.69) is 0 Å². The number of imidazole rings is 1. The monoisotopic (exact) mass is 440 g/mol. The molecule has 0 bridgehead atoms. The van der Waals surface area contributed by atoms with Crippen LogP contribution in [-0.4, -0.2) is 34.8 Å². The molecule has 0 N–H and O–H groups in total. The number of nitrogens with zero attached hydrogens (tertiary/aromatic N) is 2. The maximum atomic E-state index is 13.3. The summed E-state index contributed by atoms with van der Waals surface area (Å²) in [5, 5.41) is 0. The van der Waals surface area contributed by atoms with Crippen LogP contribution in [0.2, 0.25) is 0 Å². The van der Waals surface area contributed by atoms with E-state index in [0.717, 1.165) is 16.8 Å². The SMILES string of the molecule is Cc1cccc(-n2c(=O)n(C(C)C)c3cc(C(=O)C[C@]4(C)CCS(=O)(=O)C4)ccc32)c1. The van der Waals surface area contributed by atoms with Crippen LogP contribution in [0.15, 0.2) is 47.3 Å². The summed E-state index contributed by atoms with van der Waals surface area (Å²) in [5.74, 6) is 0.101. The molecule has 0 spiro atoms. The Morgan fingerprint density at radius 2 is 1.87 bits per heavy atom. The molecule has 0 amide bonds. The molecule has 1 aliphatic rings. The summed E-state index contributed by atoms with van der Waals surface area (Å²) in [6.07, 6.45) is 0.686. The van der Waals surface area contributed by atoms with E-state index in [1.807, 2.05) is 58.0 Å². The fraction of sp³-hybridized carbons (Fsp3) is 0.417. The maximum Gasteiger partial charge on any atom is 0.333 e. The topological polar surface area (TPSA) is 78.1 Å². The molecule has 1 fully saturated rings. The molecule has 164 valence electrons. The van der Waals surface area contributed by atoms with Gasteiger partial charge in [0.15, 0.2) is 15.6 Å². The van der Waals surface area contributed by atoms with Crippen molar-refractivity contribution in [3.05, 3.63) is 64.1 Å². The number of aryl methyl sites for hydroxylation is 1. The largest absolute Gasteiger partial charge is 0.333 e. The van der Waals surface area contributed by atoms with Gasteiger partial charge in [0.1, 0.15) is 0 Å². The zero-order valence-electron chi connectivity index (χ0n) is 18.4. The molecule has 0 aliphatic carbocycles. The van der Waals surface area contributed by atoms with Crippen LogP contribution in [0.1, 0.15) is 55.6 Å². The van der Waals surface area contributed by atoms with E-state index in [-0.39, 0.29) is 35.4 Å². The quantitative estimate of drug-likeness (QED) is 0.560. The Morgan fingerprint density at radius 3 is 2.48 bits per heavy atom. The second-order valence-electron chi connectivity index (χ2n) is 9.38. The molecule has 1 aliphatic heterocycles. The molecule has 7 heteroatoms. The Labute approximate surface area is 182 Å². The van der Waals surface area contributed by atoms with E-state index in [0.29, 0.717) is 17.5 Å². The Bertz CT molecular complexity index is 1350. The van der Waals surface area contributed by atoms with Crippen LogP contribution in [0.5, 0.6) is 0 Å². The van der Waals surface area contributed by atoms with Crippen LogP contribution < -0.4 is 5.69 Å². The van der Waals surface area contributed by atoms with Gasteiger partial charge in [-0.25, -0.2) is 13.2 Å². The highest BCUT2D eigenvalue weighted by molar-refractivity contribution is 7.91. The van der Waals surface area contributed by atoms with Gasteiger partial charge in [0, 0.05) is 18.0 Å². The lowest BCUT2D eigenvalue weighted by Crippen LogP contribution is -2.24. The Balaban J connectivity index is 1.80. The molecule has 3 aromatic rings. The van der Waals surface area contributed by atoms with Crippen LogP contribution in [-0.2, 0) is 9.84 Å². The average Bonchev–Trinajstić information content (AvgIpc) is 3.12. The highest BCUT2D eigenvalue weighted by Crippen LogP contribution is 2.36. The number of fused-ring (bicyclic) bond motifs is 1. The van der Waals surface area contributed by atoms with Crippen LogP contribution >= 0.6 is 0 Å². The summed E-state index contributed by atoms with van der Waals surface area (Å²) < 4.78 is 27.2. The summed E-state index contributed by atoms with van der Waals surface area (Å²) in [6, 6.07) is 13.0. The molecule has 31 heavy (non-hydrogen) atoms. The first-order valence-corrected chi connectivity index (χ1v) is 12.4. The van der Waals surface area contributed by atoms with Crippen molar-refractivity contribution in [3.63, 3.8) is 0 Å². The highest BCUT2D eigenvalue weighted by Gasteiger charge is 2.40. The minimum Gasteiger partial charge on any atom is -0.294 e. The van der Waals surface area contributed by atoms with Crippen molar-refractivity contribution in [3.8, 4) is 5.69 Å². The van der Waals surface area contributed by atoms with E-state index in [1.54, 1.807) is 21.3 Å². The lowest BCUT2D eigenvalue weighted by molar-refractivity contribution is 0.0934. The first kappa shape index (κ1) is 21.6. The lowest BCUT2D eigenvalue weighted by atomic mass is 9.83. The van der Waals surface area contributed by atoms with Crippen molar-refractivity contribution in [2.75, 3.05) is 11.5 Å². The Hall–Kier alpha value is -2.67. The minimum absolute atomic E-state index is 0.0500. The van der Waals surface area contributed by atoms with Gasteiger partial charge in [-0.05, 0) is 68.5 Å². The number of Topliss-reactive ketones (excluding diaryl/α,β-unsaturated/α-hetero) is 1. The summed E-state index contributed by atoms with van der Waals surface area (Å²) in [6.45, 7) is 7.74. The van der Waals surface area contributed by atoms with Crippen molar-refractivity contribution in [1.82, 2.24) is 9.13 Å². The molecule has 6 nitrogen and oxygen atoms in total. The number of carbonyl (C=O) groups is 1. The number of rotatable bonds is 5. The van der Waals surface area contributed by atoms with Gasteiger partial charge in [0.05, 0.1) is 28.2 Å². The smallest absolute Gasteiger partial charge is 0.294 e. The highest BCUT2D eigenvalue weighted by atomic mass is 32.2. The zero-order valence-corrected chi connectivity index (χ0v) is 19.2. The molecule has 0 saturated carbocycles. The standard InChI is InChI=1S/C24H28N2O4S/c1-16(2)25-21-13-18(22(27)14-24(4)10-11-31(29,30)15-24)8-9-20(21)26(23(25)28)19-7-5-6-17(3)12-19/h5-9,12-13,16H,10-11,14-15H2,1-4H3/t24-/m0/s1. The summed E-state index contributed by atoms with van der Waals surface area (Å²) in [5.41, 5.74) is 3.13. The average molecular weight is 441 g/mol. The van der Waals surface area contributed by atoms with Gasteiger partial charge in [0.2, 0.25) is 0 Å². The number of hydrogen-bond donors (Lipinski definition) is 0. The molecule has 1 saturated heterocycles. The molecule has 1 atom stereocenters.